The van der Waals surface area contributed by atoms with E-state index in [0.29, 0.717) is 11.9 Å². The van der Waals surface area contributed by atoms with E-state index < -0.39 is 11.0 Å². The van der Waals surface area contributed by atoms with E-state index in [1.54, 1.807) is 6.20 Å². The van der Waals surface area contributed by atoms with Gasteiger partial charge >= 0.3 is 0 Å². The Labute approximate surface area is 143 Å². The average Bonchev–Trinajstić information content (AvgIpc) is 2.48. The molecule has 0 spiro atoms. The quantitative estimate of drug-likeness (QED) is 0.808. The summed E-state index contributed by atoms with van der Waals surface area (Å²) in [6, 6.07) is 6.16. The van der Waals surface area contributed by atoms with Crippen molar-refractivity contribution < 1.29 is 4.21 Å². The first kappa shape index (κ1) is 16.4. The number of hydrogen-bond acceptors (Lipinski definition) is 4. The number of halogens is 1. The van der Waals surface area contributed by atoms with Crippen molar-refractivity contribution >= 4 is 34.1 Å². The normalized spacial score (nSPS) is 16.0. The molecule has 0 amide bonds. The van der Waals surface area contributed by atoms with Gasteiger partial charge in [-0.1, -0.05) is 12.5 Å². The lowest BCUT2D eigenvalue weighted by Crippen LogP contribution is -2.36. The van der Waals surface area contributed by atoms with Gasteiger partial charge in [-0.05, 0) is 56.0 Å². The molecule has 2 aromatic rings. The van der Waals surface area contributed by atoms with Crippen molar-refractivity contribution in [1.82, 2.24) is 14.7 Å². The van der Waals surface area contributed by atoms with Crippen LogP contribution in [0.4, 0.5) is 11.5 Å². The summed E-state index contributed by atoms with van der Waals surface area (Å²) in [6.07, 6.45) is 5.08. The number of anilines is 2. The van der Waals surface area contributed by atoms with Gasteiger partial charge in [-0.2, -0.15) is 0 Å². The van der Waals surface area contributed by atoms with Crippen LogP contribution in [0.5, 0.6) is 0 Å². The first-order valence-electron chi connectivity index (χ1n) is 7.57. The molecule has 2 N–H and O–H groups in total. The van der Waals surface area contributed by atoms with Crippen LogP contribution in [-0.2, 0) is 11.0 Å². The molecule has 0 bridgehead atoms. The molecule has 122 valence electrons. The molecule has 1 aliphatic carbocycles. The SMILES string of the molecule is Cc1ccc(Nc2nc(Cl)ncc2C)cc1S(=O)NC1CCC1. The first-order valence-corrected chi connectivity index (χ1v) is 9.10. The molecule has 3 rings (SSSR count). The van der Waals surface area contributed by atoms with Crippen molar-refractivity contribution in [2.45, 2.75) is 44.0 Å². The average molecular weight is 351 g/mol. The van der Waals surface area contributed by atoms with E-state index >= 15 is 0 Å². The maximum Gasteiger partial charge on any atom is 0.224 e. The number of rotatable bonds is 5. The zero-order valence-electron chi connectivity index (χ0n) is 13.1. The molecule has 5 nitrogen and oxygen atoms in total. The topological polar surface area (TPSA) is 66.9 Å². The van der Waals surface area contributed by atoms with Crippen molar-refractivity contribution in [1.29, 1.82) is 0 Å². The standard InChI is InChI=1S/C16H19ClN4OS/c1-10-6-7-13(19-15-11(2)9-18-16(17)20-15)8-14(10)23(22)21-12-4-3-5-12/h6-9,12,21H,3-5H2,1-2H3,(H,18,19,20). The molecule has 0 aliphatic heterocycles. The lowest BCUT2D eigenvalue weighted by atomic mass is 9.94. The summed E-state index contributed by atoms with van der Waals surface area (Å²) in [5.41, 5.74) is 2.72. The van der Waals surface area contributed by atoms with Gasteiger partial charge in [0.2, 0.25) is 5.28 Å². The zero-order valence-corrected chi connectivity index (χ0v) is 14.7. The fraction of sp³-hybridized carbons (Fsp3) is 0.375. The molecule has 1 saturated carbocycles. The highest BCUT2D eigenvalue weighted by molar-refractivity contribution is 7.83. The summed E-state index contributed by atoms with van der Waals surface area (Å²) in [5.74, 6) is 0.650. The summed E-state index contributed by atoms with van der Waals surface area (Å²) in [5, 5.41) is 3.41. The van der Waals surface area contributed by atoms with E-state index in [4.69, 9.17) is 11.6 Å². The number of aromatic nitrogens is 2. The van der Waals surface area contributed by atoms with Gasteiger partial charge in [0.05, 0.1) is 4.90 Å². The van der Waals surface area contributed by atoms with Gasteiger partial charge in [0.25, 0.3) is 0 Å². The molecular formula is C16H19ClN4OS. The second-order valence-corrected chi connectivity index (χ2v) is 7.34. The molecule has 1 heterocycles. The lowest BCUT2D eigenvalue weighted by Gasteiger charge is -2.26. The highest BCUT2D eigenvalue weighted by Crippen LogP contribution is 2.25. The highest BCUT2D eigenvalue weighted by atomic mass is 35.5. The molecule has 23 heavy (non-hydrogen) atoms. The van der Waals surface area contributed by atoms with Crippen molar-refractivity contribution in [3.8, 4) is 0 Å². The third kappa shape index (κ3) is 3.88. The molecule has 0 radical (unpaired) electrons. The molecule has 7 heteroatoms. The van der Waals surface area contributed by atoms with Gasteiger partial charge in [-0.15, -0.1) is 0 Å². The molecule has 1 aliphatic rings. The summed E-state index contributed by atoms with van der Waals surface area (Å²) < 4.78 is 15.7. The molecule has 1 atom stereocenters. The smallest absolute Gasteiger partial charge is 0.224 e. The predicted octanol–water partition coefficient (Wildman–Crippen LogP) is 3.66. The summed E-state index contributed by atoms with van der Waals surface area (Å²) >= 11 is 5.85. The van der Waals surface area contributed by atoms with Crippen LogP contribution in [0.2, 0.25) is 5.28 Å². The minimum absolute atomic E-state index is 0.195. The zero-order chi connectivity index (χ0) is 16.4. The Morgan fingerprint density at radius 1 is 1.26 bits per heavy atom. The number of nitrogens with one attached hydrogen (secondary N) is 2. The minimum atomic E-state index is -1.20. The number of nitrogens with zero attached hydrogens (tertiary/aromatic N) is 2. The van der Waals surface area contributed by atoms with Crippen molar-refractivity contribution in [3.05, 3.63) is 40.8 Å². The Morgan fingerprint density at radius 3 is 2.74 bits per heavy atom. The van der Waals surface area contributed by atoms with Gasteiger partial charge in [-0.25, -0.2) is 18.9 Å². The third-order valence-electron chi connectivity index (χ3n) is 3.97. The van der Waals surface area contributed by atoms with Crippen LogP contribution < -0.4 is 10.0 Å². The molecule has 1 fully saturated rings. The lowest BCUT2D eigenvalue weighted by molar-refractivity contribution is 0.390. The van der Waals surface area contributed by atoms with Crippen LogP contribution in [0.3, 0.4) is 0 Å². The van der Waals surface area contributed by atoms with E-state index in [9.17, 15) is 4.21 Å². The van der Waals surface area contributed by atoms with Crippen molar-refractivity contribution in [2.75, 3.05) is 5.32 Å². The summed E-state index contributed by atoms with van der Waals surface area (Å²) in [7, 11) is -1.20. The fourth-order valence-electron chi connectivity index (χ4n) is 2.30. The van der Waals surface area contributed by atoms with Crippen LogP contribution in [-0.4, -0.2) is 20.2 Å². The number of aryl methyl sites for hydroxylation is 2. The maximum absolute atomic E-state index is 12.5. The van der Waals surface area contributed by atoms with Crippen LogP contribution >= 0.6 is 11.6 Å². The second-order valence-electron chi connectivity index (χ2n) is 5.79. The number of benzene rings is 1. The van der Waals surface area contributed by atoms with Gasteiger partial charge < -0.3 is 5.32 Å². The van der Waals surface area contributed by atoms with E-state index in [1.165, 1.54) is 6.42 Å². The Kier molecular flexibility index (Phi) is 4.94. The van der Waals surface area contributed by atoms with Crippen molar-refractivity contribution in [3.63, 3.8) is 0 Å². The largest absolute Gasteiger partial charge is 0.340 e. The molecule has 1 unspecified atom stereocenters. The Balaban J connectivity index is 1.81. The van der Waals surface area contributed by atoms with Crippen LogP contribution in [0.25, 0.3) is 0 Å². The van der Waals surface area contributed by atoms with Crippen LogP contribution in [0, 0.1) is 13.8 Å². The Hall–Kier alpha value is -1.50. The molecule has 0 saturated heterocycles. The number of hydrogen-bond donors (Lipinski definition) is 2. The molecule has 1 aromatic heterocycles. The molecule has 1 aromatic carbocycles. The molecular weight excluding hydrogens is 332 g/mol. The van der Waals surface area contributed by atoms with Gasteiger partial charge in [0, 0.05) is 23.5 Å². The van der Waals surface area contributed by atoms with Crippen LogP contribution in [0.1, 0.15) is 30.4 Å². The van der Waals surface area contributed by atoms with E-state index in [1.807, 2.05) is 32.0 Å². The first-order chi connectivity index (χ1) is 11.0. The fourth-order valence-corrected chi connectivity index (χ4v) is 3.70. The summed E-state index contributed by atoms with van der Waals surface area (Å²) in [4.78, 5) is 8.92. The monoisotopic (exact) mass is 350 g/mol. The highest BCUT2D eigenvalue weighted by Gasteiger charge is 2.20. The maximum atomic E-state index is 12.5. The summed E-state index contributed by atoms with van der Waals surface area (Å²) in [6.45, 7) is 3.87. The van der Waals surface area contributed by atoms with E-state index in [0.717, 1.165) is 34.6 Å². The minimum Gasteiger partial charge on any atom is -0.340 e. The van der Waals surface area contributed by atoms with Gasteiger partial charge in [-0.3, -0.25) is 0 Å². The van der Waals surface area contributed by atoms with Crippen molar-refractivity contribution in [2.24, 2.45) is 0 Å². The van der Waals surface area contributed by atoms with E-state index in [2.05, 4.69) is 20.0 Å². The second kappa shape index (κ2) is 6.95. The van der Waals surface area contributed by atoms with Gasteiger partial charge in [0.15, 0.2) is 0 Å². The third-order valence-corrected chi connectivity index (χ3v) is 5.54. The Morgan fingerprint density at radius 2 is 2.04 bits per heavy atom. The van der Waals surface area contributed by atoms with Gasteiger partial charge in [0.1, 0.15) is 16.8 Å². The predicted molar refractivity (Wildman–Crippen MR) is 93.4 cm³/mol. The van der Waals surface area contributed by atoms with Crippen LogP contribution in [0.15, 0.2) is 29.3 Å². The van der Waals surface area contributed by atoms with E-state index in [-0.39, 0.29) is 5.28 Å². The Bertz CT molecular complexity index is 749.